The van der Waals surface area contributed by atoms with E-state index in [0.29, 0.717) is 24.7 Å². The topological polar surface area (TPSA) is 34.1 Å². The number of hydrogen-bond donors (Lipinski definition) is 0. The van der Waals surface area contributed by atoms with Gasteiger partial charge in [0.2, 0.25) is 0 Å². The van der Waals surface area contributed by atoms with Gasteiger partial charge in [-0.05, 0) is 0 Å². The van der Waals surface area contributed by atoms with Crippen molar-refractivity contribution in [2.75, 3.05) is 0 Å². The Kier molecular flexibility index (Phi) is 58.5. The van der Waals surface area contributed by atoms with Gasteiger partial charge in [0.05, 0.1) is 0 Å². The van der Waals surface area contributed by atoms with Gasteiger partial charge in [-0.2, -0.15) is 0 Å². The van der Waals surface area contributed by atoms with E-state index in [2.05, 4.69) is 0 Å². The van der Waals surface area contributed by atoms with Gasteiger partial charge in [0.25, 0.3) is 0 Å². The van der Waals surface area contributed by atoms with Crippen LogP contribution in [0.3, 0.4) is 0 Å². The minimum atomic E-state index is 0.0556. The summed E-state index contributed by atoms with van der Waals surface area (Å²) in [7, 11) is 0. The van der Waals surface area contributed by atoms with E-state index in [-0.39, 0.29) is 25.8 Å². The van der Waals surface area contributed by atoms with E-state index >= 15 is 0 Å². The van der Waals surface area contributed by atoms with Crippen LogP contribution in [0, 0.1) is 0 Å². The first-order chi connectivity index (χ1) is 2.00. The summed E-state index contributed by atoms with van der Waals surface area (Å²) < 4.78 is 16.7. The van der Waals surface area contributed by atoms with Crippen LogP contribution in [0.4, 0.5) is 0 Å². The summed E-state index contributed by atoms with van der Waals surface area (Å²) in [5.74, 6) is 0. The van der Waals surface area contributed by atoms with Crippen LogP contribution in [0.5, 0.6) is 0 Å². The van der Waals surface area contributed by atoms with E-state index in [4.69, 9.17) is 5.50 Å². The van der Waals surface area contributed by atoms with Crippen molar-refractivity contribution in [2.45, 2.75) is 0 Å². The molecule has 2 radical (unpaired) electrons. The van der Waals surface area contributed by atoms with Crippen molar-refractivity contribution >= 4 is 25.8 Å². The van der Waals surface area contributed by atoms with Gasteiger partial charge in [-0.3, -0.25) is 0 Å². The molecule has 4 heavy (non-hydrogen) atoms. The molecule has 0 aromatic carbocycles. The Labute approximate surface area is 55.4 Å². The molecule has 0 amide bonds. The maximum atomic E-state index is 8.39. The molecule has 0 saturated heterocycles. The van der Waals surface area contributed by atoms with Crippen LogP contribution in [0.25, 0.3) is 0 Å². The zero-order valence-corrected chi connectivity index (χ0v) is 8.16. The molecule has 20 valence electrons. The molecule has 0 heterocycles. The van der Waals surface area contributed by atoms with Crippen molar-refractivity contribution < 1.29 is 30.2 Å². The molecule has 2 nitrogen and oxygen atoms in total. The van der Waals surface area contributed by atoms with Crippen LogP contribution in [0.2, 0.25) is 0 Å². The summed E-state index contributed by atoms with van der Waals surface area (Å²) in [4.78, 5) is 0. The molecule has 0 fully saturated rings. The number of rotatable bonds is 0. The normalized spacial score (nSPS) is 1.75. The Morgan fingerprint density at radius 1 is 1.25 bits per heavy atom. The molecule has 0 aromatic heterocycles. The molecule has 0 saturated carbocycles. The Hall–Kier alpha value is 1.41. The summed E-state index contributed by atoms with van der Waals surface area (Å²) in [5, 5.41) is 0. The van der Waals surface area contributed by atoms with Gasteiger partial charge in [-0.25, -0.2) is 0 Å². The quantitative estimate of drug-likeness (QED) is 0.555. The van der Waals surface area contributed by atoms with Crippen LogP contribution >= 0.6 is 0 Å². The first kappa shape index (κ1) is 9.05. The molecule has 4 heteroatoms. The maximum absolute atomic E-state index is 8.39. The molecular weight excluding hydrogens is 330 g/mol. The van der Waals surface area contributed by atoms with Crippen molar-refractivity contribution in [3.8, 4) is 0 Å². The molecule has 0 N–H and O–H groups in total. The van der Waals surface area contributed by atoms with Crippen LogP contribution < -0.4 is 0 Å². The second-order valence-corrected chi connectivity index (χ2v) is 0. The number of hydrogen-bond acceptors (Lipinski definition) is 2. The van der Waals surface area contributed by atoms with Crippen molar-refractivity contribution in [3.05, 3.63) is 0 Å². The van der Waals surface area contributed by atoms with Crippen LogP contribution in [-0.2, 0) is 30.2 Å². The molecule has 0 bridgehead atoms. The van der Waals surface area contributed by atoms with E-state index in [0.717, 1.165) is 0 Å². The van der Waals surface area contributed by atoms with Gasteiger partial charge < -0.3 is 0 Å². The fourth-order valence-corrected chi connectivity index (χ4v) is 0. The van der Waals surface area contributed by atoms with E-state index in [1.165, 1.54) is 0 Å². The molecule has 0 unspecified atom stereocenters. The van der Waals surface area contributed by atoms with Gasteiger partial charge in [-0.15, -0.1) is 0 Å². The first-order valence-corrected chi connectivity index (χ1v) is 3.00. The van der Waals surface area contributed by atoms with Gasteiger partial charge in [-0.1, -0.05) is 0 Å². The molecule has 0 aliphatic rings. The average Bonchev–Trinajstić information content (AvgIpc) is 1.50. The third-order valence-electron chi connectivity index (χ3n) is 0. The van der Waals surface area contributed by atoms with E-state index < -0.39 is 0 Å². The molecular formula is O2PbZr. The van der Waals surface area contributed by atoms with Gasteiger partial charge in [0.15, 0.2) is 0 Å². The zero-order valence-electron chi connectivity index (χ0n) is 1.82. The fraction of sp³-hybridized carbons (Fsp3) is 0. The van der Waals surface area contributed by atoms with Crippen molar-refractivity contribution in [2.24, 2.45) is 0 Å². The molecule has 0 rings (SSSR count). The van der Waals surface area contributed by atoms with Gasteiger partial charge >= 0.3 is 56.0 Å². The monoisotopic (exact) mass is 330 g/mol. The third-order valence-corrected chi connectivity index (χ3v) is 0. The Balaban J connectivity index is 0. The second kappa shape index (κ2) is 25.9. The second-order valence-electron chi connectivity index (χ2n) is 0. The molecule has 0 atom stereocenters. The summed E-state index contributed by atoms with van der Waals surface area (Å²) in [6.07, 6.45) is 0. The summed E-state index contributed by atoms with van der Waals surface area (Å²) in [6, 6.07) is 0. The summed E-state index contributed by atoms with van der Waals surface area (Å²) in [6.45, 7) is 0. The standard InChI is InChI=1S/2O.Pb.Zr. The molecule has 0 aliphatic heterocycles. The van der Waals surface area contributed by atoms with E-state index in [1.807, 2.05) is 0 Å². The summed E-state index contributed by atoms with van der Waals surface area (Å²) >= 11 is 0.356. The molecule has 0 aromatic rings. The molecule has 0 aliphatic carbocycles. The predicted molar refractivity (Wildman–Crippen MR) is 7.13 cm³/mol. The van der Waals surface area contributed by atoms with Crippen molar-refractivity contribution in [1.29, 1.82) is 0 Å². The minimum absolute atomic E-state index is 0.0556. The Morgan fingerprint density at radius 3 is 1.25 bits per heavy atom. The van der Waals surface area contributed by atoms with Crippen molar-refractivity contribution in [3.63, 3.8) is 0 Å². The fourth-order valence-electron chi connectivity index (χ4n) is 0. The van der Waals surface area contributed by atoms with Gasteiger partial charge in [0, 0.05) is 0 Å². The van der Waals surface area contributed by atoms with Crippen LogP contribution in [0.15, 0.2) is 0 Å². The van der Waals surface area contributed by atoms with Gasteiger partial charge in [0.1, 0.15) is 0 Å². The first-order valence-electron chi connectivity index (χ1n) is 0.408. The average molecular weight is 330 g/mol. The van der Waals surface area contributed by atoms with E-state index in [1.54, 1.807) is 0 Å². The van der Waals surface area contributed by atoms with Crippen molar-refractivity contribution in [1.82, 2.24) is 0 Å². The van der Waals surface area contributed by atoms with E-state index in [9.17, 15) is 0 Å². The van der Waals surface area contributed by atoms with Crippen LogP contribution in [-0.4, -0.2) is 25.8 Å². The third kappa shape index (κ3) is 9.98. The molecule has 0 spiro atoms. The SMILES string of the molecule is [O]=[Pb].[O]=[Zr]. The Morgan fingerprint density at radius 2 is 1.25 bits per heavy atom. The van der Waals surface area contributed by atoms with Crippen LogP contribution in [0.1, 0.15) is 0 Å². The predicted octanol–water partition coefficient (Wildman–Crippen LogP) is -0.621. The zero-order chi connectivity index (χ0) is 4.00. The summed E-state index contributed by atoms with van der Waals surface area (Å²) in [5.41, 5.74) is 0. The Bertz CT molecular complexity index is 8.00.